The number of fused-ring (bicyclic) bond motifs is 1. The first-order chi connectivity index (χ1) is 10.7. The number of hydrogen-bond donors (Lipinski definition) is 2. The van der Waals surface area contributed by atoms with E-state index in [0.717, 1.165) is 17.6 Å². The average Bonchev–Trinajstić information content (AvgIpc) is 2.85. The molecule has 0 aliphatic heterocycles. The number of pyridine rings is 1. The summed E-state index contributed by atoms with van der Waals surface area (Å²) in [6, 6.07) is 1.78. The third-order valence-corrected chi connectivity index (χ3v) is 3.73. The molecule has 0 fully saturated rings. The summed E-state index contributed by atoms with van der Waals surface area (Å²) in [6.07, 6.45) is 2.68. The summed E-state index contributed by atoms with van der Waals surface area (Å²) >= 11 is 0. The van der Waals surface area contributed by atoms with Gasteiger partial charge in [0.25, 0.3) is 5.91 Å². The van der Waals surface area contributed by atoms with Gasteiger partial charge in [0, 0.05) is 24.7 Å². The van der Waals surface area contributed by atoms with Gasteiger partial charge in [0.2, 0.25) is 0 Å². The van der Waals surface area contributed by atoms with Gasteiger partial charge in [-0.2, -0.15) is 5.10 Å². The van der Waals surface area contributed by atoms with Crippen LogP contribution in [0.15, 0.2) is 18.5 Å². The predicted octanol–water partition coefficient (Wildman–Crippen LogP) is 2.22. The Morgan fingerprint density at radius 2 is 2.04 bits per heavy atom. The van der Waals surface area contributed by atoms with E-state index in [4.69, 9.17) is 0 Å². The topological polar surface area (TPSA) is 80.0 Å². The maximum absolute atomic E-state index is 12.2. The number of carbonyl (C=O) groups is 1. The van der Waals surface area contributed by atoms with Crippen LogP contribution < -0.4 is 5.32 Å². The summed E-state index contributed by atoms with van der Waals surface area (Å²) in [5.41, 5.74) is 0.987. The van der Waals surface area contributed by atoms with Gasteiger partial charge >= 0.3 is 0 Å². The molecule has 0 saturated carbocycles. The normalized spacial score (nSPS) is 13.5. The summed E-state index contributed by atoms with van der Waals surface area (Å²) in [7, 11) is 0. The van der Waals surface area contributed by atoms with Crippen LogP contribution in [0.2, 0.25) is 0 Å². The van der Waals surface area contributed by atoms with Crippen LogP contribution in [0.1, 0.15) is 45.0 Å². The first-order valence-corrected chi connectivity index (χ1v) is 7.96. The van der Waals surface area contributed by atoms with E-state index < -0.39 is 6.10 Å². The fourth-order valence-corrected chi connectivity index (χ4v) is 2.17. The molecule has 6 heteroatoms. The van der Waals surface area contributed by atoms with Crippen molar-refractivity contribution in [3.63, 3.8) is 0 Å². The Morgan fingerprint density at radius 1 is 1.35 bits per heavy atom. The number of rotatable bonds is 5. The molecule has 1 atom stereocenters. The molecular weight excluding hydrogens is 292 g/mol. The summed E-state index contributed by atoms with van der Waals surface area (Å²) in [6.45, 7) is 11.0. The lowest BCUT2D eigenvalue weighted by atomic mass is 9.89. The van der Waals surface area contributed by atoms with Gasteiger partial charge in [0.1, 0.15) is 0 Å². The number of amides is 1. The van der Waals surface area contributed by atoms with Crippen LogP contribution >= 0.6 is 0 Å². The summed E-state index contributed by atoms with van der Waals surface area (Å²) in [5, 5.41) is 17.9. The highest BCUT2D eigenvalue weighted by Crippen LogP contribution is 2.18. The van der Waals surface area contributed by atoms with Gasteiger partial charge in [-0.05, 0) is 17.4 Å². The second-order valence-corrected chi connectivity index (χ2v) is 7.45. The molecule has 0 bridgehead atoms. The molecule has 0 spiro atoms. The SMILES string of the molecule is CC(C)Cn1ncc2cc(C(=O)NCC(O)C(C)(C)C)cnc21. The molecule has 0 aliphatic carbocycles. The lowest BCUT2D eigenvalue weighted by molar-refractivity contribution is 0.0587. The molecule has 1 amide bonds. The maximum atomic E-state index is 12.2. The Morgan fingerprint density at radius 3 is 2.65 bits per heavy atom. The zero-order chi connectivity index (χ0) is 17.2. The molecule has 2 aromatic rings. The number of aliphatic hydroxyl groups excluding tert-OH is 1. The molecule has 0 saturated heterocycles. The van der Waals surface area contributed by atoms with Crippen molar-refractivity contribution in [2.45, 2.75) is 47.3 Å². The molecule has 0 aromatic carbocycles. The number of nitrogens with zero attached hydrogens (tertiary/aromatic N) is 3. The van der Waals surface area contributed by atoms with Gasteiger partial charge in [-0.15, -0.1) is 0 Å². The first-order valence-electron chi connectivity index (χ1n) is 7.96. The first kappa shape index (κ1) is 17.4. The molecule has 0 radical (unpaired) electrons. The van der Waals surface area contributed by atoms with Gasteiger partial charge in [0.05, 0.1) is 17.9 Å². The van der Waals surface area contributed by atoms with Crippen molar-refractivity contribution >= 4 is 16.9 Å². The van der Waals surface area contributed by atoms with E-state index in [0.29, 0.717) is 11.5 Å². The quantitative estimate of drug-likeness (QED) is 0.886. The molecular formula is C17H26N4O2. The van der Waals surface area contributed by atoms with Crippen LogP contribution in [0.25, 0.3) is 11.0 Å². The minimum absolute atomic E-state index is 0.215. The fraction of sp³-hybridized carbons (Fsp3) is 0.588. The number of aliphatic hydroxyl groups is 1. The zero-order valence-electron chi connectivity index (χ0n) is 14.5. The van der Waals surface area contributed by atoms with Crippen molar-refractivity contribution in [3.05, 3.63) is 24.0 Å². The third kappa shape index (κ3) is 4.28. The molecule has 2 N–H and O–H groups in total. The van der Waals surface area contributed by atoms with Gasteiger partial charge in [-0.3, -0.25) is 4.79 Å². The van der Waals surface area contributed by atoms with Gasteiger partial charge < -0.3 is 10.4 Å². The summed E-state index contributed by atoms with van der Waals surface area (Å²) in [4.78, 5) is 16.6. The van der Waals surface area contributed by atoms with Crippen LogP contribution in [-0.4, -0.2) is 38.4 Å². The smallest absolute Gasteiger partial charge is 0.252 e. The number of nitrogens with one attached hydrogen (secondary N) is 1. The molecule has 1 unspecified atom stereocenters. The van der Waals surface area contributed by atoms with E-state index in [9.17, 15) is 9.90 Å². The number of aromatic nitrogens is 3. The second kappa shape index (κ2) is 6.66. The summed E-state index contributed by atoms with van der Waals surface area (Å²) in [5.74, 6) is 0.237. The Bertz CT molecular complexity index is 685. The molecule has 0 aliphatic rings. The van der Waals surface area contributed by atoms with Crippen LogP contribution in [-0.2, 0) is 6.54 Å². The standard InChI is InChI=1S/C17H26N4O2/c1-11(2)10-21-15-12(8-20-21)6-13(7-18-15)16(23)19-9-14(22)17(3,4)5/h6-8,11,14,22H,9-10H2,1-5H3,(H,19,23). The zero-order valence-corrected chi connectivity index (χ0v) is 14.5. The Hall–Kier alpha value is -1.95. The minimum atomic E-state index is -0.600. The van der Waals surface area contributed by atoms with Crippen LogP contribution in [0.4, 0.5) is 0 Å². The van der Waals surface area contributed by atoms with E-state index >= 15 is 0 Å². The lowest BCUT2D eigenvalue weighted by Gasteiger charge is -2.25. The van der Waals surface area contributed by atoms with Crippen molar-refractivity contribution in [1.82, 2.24) is 20.1 Å². The highest BCUT2D eigenvalue weighted by atomic mass is 16.3. The molecule has 2 rings (SSSR count). The number of hydrogen-bond acceptors (Lipinski definition) is 4. The average molecular weight is 318 g/mol. The van der Waals surface area contributed by atoms with Crippen LogP contribution in [0, 0.1) is 11.3 Å². The van der Waals surface area contributed by atoms with Crippen LogP contribution in [0.5, 0.6) is 0 Å². The highest BCUT2D eigenvalue weighted by molar-refractivity contribution is 5.96. The van der Waals surface area contributed by atoms with Crippen LogP contribution in [0.3, 0.4) is 0 Å². The predicted molar refractivity (Wildman–Crippen MR) is 90.2 cm³/mol. The Kier molecular flexibility index (Phi) is 5.04. The Labute approximate surface area is 136 Å². The molecule has 2 aromatic heterocycles. The van der Waals surface area contributed by atoms with E-state index in [1.165, 1.54) is 0 Å². The van der Waals surface area contributed by atoms with Crippen molar-refractivity contribution in [1.29, 1.82) is 0 Å². The molecule has 126 valence electrons. The van der Waals surface area contributed by atoms with E-state index in [2.05, 4.69) is 29.2 Å². The lowest BCUT2D eigenvalue weighted by Crippen LogP contribution is -2.39. The molecule has 23 heavy (non-hydrogen) atoms. The van der Waals surface area contributed by atoms with Crippen molar-refractivity contribution < 1.29 is 9.90 Å². The van der Waals surface area contributed by atoms with E-state index in [1.54, 1.807) is 18.5 Å². The summed E-state index contributed by atoms with van der Waals surface area (Å²) < 4.78 is 1.85. The Balaban J connectivity index is 2.10. The molecule has 2 heterocycles. The maximum Gasteiger partial charge on any atom is 0.252 e. The van der Waals surface area contributed by atoms with Crippen molar-refractivity contribution in [3.8, 4) is 0 Å². The molecule has 6 nitrogen and oxygen atoms in total. The van der Waals surface area contributed by atoms with Gasteiger partial charge in [-0.1, -0.05) is 34.6 Å². The van der Waals surface area contributed by atoms with E-state index in [1.807, 2.05) is 25.5 Å². The number of carbonyl (C=O) groups excluding carboxylic acids is 1. The minimum Gasteiger partial charge on any atom is -0.391 e. The van der Waals surface area contributed by atoms with E-state index in [-0.39, 0.29) is 17.9 Å². The highest BCUT2D eigenvalue weighted by Gasteiger charge is 2.22. The largest absolute Gasteiger partial charge is 0.391 e. The van der Waals surface area contributed by atoms with Gasteiger partial charge in [0.15, 0.2) is 5.65 Å². The third-order valence-electron chi connectivity index (χ3n) is 3.73. The second-order valence-electron chi connectivity index (χ2n) is 7.45. The van der Waals surface area contributed by atoms with Gasteiger partial charge in [-0.25, -0.2) is 9.67 Å². The van der Waals surface area contributed by atoms with Crippen molar-refractivity contribution in [2.24, 2.45) is 11.3 Å². The van der Waals surface area contributed by atoms with Crippen molar-refractivity contribution in [2.75, 3.05) is 6.54 Å². The fourth-order valence-electron chi connectivity index (χ4n) is 2.17. The monoisotopic (exact) mass is 318 g/mol.